The number of rotatable bonds is 17. The Balaban J connectivity index is 2.16. The predicted molar refractivity (Wildman–Crippen MR) is 160 cm³/mol. The van der Waals surface area contributed by atoms with Gasteiger partial charge in [-0.05, 0) is 43.6 Å². The second-order valence-corrected chi connectivity index (χ2v) is 12.4. The number of esters is 1. The third-order valence-electron chi connectivity index (χ3n) is 6.35. The highest BCUT2D eigenvalue weighted by atomic mass is 32.2. The lowest BCUT2D eigenvalue weighted by molar-refractivity contribution is -0.137. The summed E-state index contributed by atoms with van der Waals surface area (Å²) in [5.41, 5.74) is 3.50. The summed E-state index contributed by atoms with van der Waals surface area (Å²) in [6, 6.07) is 5.68. The van der Waals surface area contributed by atoms with Crippen molar-refractivity contribution in [2.45, 2.75) is 64.8 Å². The molecule has 1 aromatic carbocycles. The summed E-state index contributed by atoms with van der Waals surface area (Å²) in [4.78, 5) is 56.6. The Kier molecular flexibility index (Phi) is 15.8. The van der Waals surface area contributed by atoms with Crippen LogP contribution in [0.1, 0.15) is 45.6 Å². The molecule has 0 saturated carbocycles. The van der Waals surface area contributed by atoms with E-state index in [0.717, 1.165) is 12.7 Å². The minimum atomic E-state index is -3.97. The second kappa shape index (κ2) is 19.0. The van der Waals surface area contributed by atoms with Gasteiger partial charge < -0.3 is 30.3 Å². The lowest BCUT2D eigenvalue weighted by Crippen LogP contribution is -2.56. The van der Waals surface area contributed by atoms with Crippen LogP contribution in [-0.4, -0.2) is 83.0 Å². The van der Waals surface area contributed by atoms with Crippen LogP contribution in [0, 0.1) is 11.8 Å². The number of hydrogen-bond donors (Lipinski definition) is 4. The van der Waals surface area contributed by atoms with Gasteiger partial charge in [-0.2, -0.15) is 8.42 Å². The van der Waals surface area contributed by atoms with Crippen molar-refractivity contribution >= 4 is 34.0 Å². The molecule has 1 fully saturated rings. The van der Waals surface area contributed by atoms with Gasteiger partial charge in [0.05, 0.1) is 26.1 Å². The third kappa shape index (κ3) is 15.3. The van der Waals surface area contributed by atoms with Gasteiger partial charge in [0.15, 0.2) is 0 Å². The number of hydrogen-bond acceptors (Lipinski definition) is 11. The van der Waals surface area contributed by atoms with Crippen LogP contribution in [-0.2, 0) is 49.6 Å². The second-order valence-electron chi connectivity index (χ2n) is 10.8. The first kappa shape index (κ1) is 36.7. The van der Waals surface area contributed by atoms with E-state index in [1.807, 2.05) is 13.8 Å². The molecular formula is C29H44N4O10S. The Hall–Kier alpha value is -3.53. The highest BCUT2D eigenvalue weighted by Gasteiger charge is 2.30. The van der Waals surface area contributed by atoms with E-state index in [2.05, 4.69) is 21.4 Å². The van der Waals surface area contributed by atoms with E-state index in [0.29, 0.717) is 25.1 Å². The number of amides is 3. The van der Waals surface area contributed by atoms with E-state index >= 15 is 0 Å². The molecule has 1 aliphatic rings. The lowest BCUT2D eigenvalue weighted by atomic mass is 9.95. The minimum Gasteiger partial charge on any atom is -0.463 e. The summed E-state index contributed by atoms with van der Waals surface area (Å²) in [7, 11) is -3.97. The van der Waals surface area contributed by atoms with Gasteiger partial charge in [0.1, 0.15) is 18.7 Å². The first-order valence-corrected chi connectivity index (χ1v) is 16.3. The lowest BCUT2D eigenvalue weighted by Gasteiger charge is -2.28. The summed E-state index contributed by atoms with van der Waals surface area (Å²) in [6.45, 7) is 5.85. The summed E-state index contributed by atoms with van der Waals surface area (Å²) in [6.07, 6.45) is 4.09. The molecule has 1 aliphatic heterocycles. The van der Waals surface area contributed by atoms with Gasteiger partial charge in [-0.1, -0.05) is 50.3 Å². The smallest absolute Gasteiger partial charge is 0.408 e. The predicted octanol–water partition coefficient (Wildman–Crippen LogP) is 1.32. The highest BCUT2D eigenvalue weighted by Crippen LogP contribution is 2.16. The Morgan fingerprint density at radius 1 is 1.05 bits per heavy atom. The molecule has 44 heavy (non-hydrogen) atoms. The van der Waals surface area contributed by atoms with E-state index in [1.54, 1.807) is 43.3 Å². The first-order valence-electron chi connectivity index (χ1n) is 14.5. The number of carbonyl (C=O) groups excluding carboxylic acids is 4. The fourth-order valence-electron chi connectivity index (χ4n) is 4.25. The fourth-order valence-corrected chi connectivity index (χ4v) is 4.63. The van der Waals surface area contributed by atoms with Gasteiger partial charge in [0.25, 0.3) is 10.1 Å². The summed E-state index contributed by atoms with van der Waals surface area (Å²) >= 11 is 0. The third-order valence-corrected chi connectivity index (χ3v) is 6.92. The van der Waals surface area contributed by atoms with Gasteiger partial charge in [-0.15, -0.1) is 0 Å². The number of carbonyl (C=O) groups is 4. The zero-order chi connectivity index (χ0) is 32.5. The molecule has 1 saturated heterocycles. The SMILES string of the molecule is CCOC(=O)/C=C/[C@H](C[C@@H]1CCNOC1)NC(=O)[C@H](CC(C)C)NC(=O)[C@H](COS(C)(=O)=O)NC(=O)OCc1ccccc1. The molecule has 246 valence electrons. The molecule has 0 spiro atoms. The maximum Gasteiger partial charge on any atom is 0.408 e. The number of hydroxylamine groups is 1. The van der Waals surface area contributed by atoms with Crippen LogP contribution in [0.15, 0.2) is 42.5 Å². The van der Waals surface area contributed by atoms with Gasteiger partial charge in [-0.25, -0.2) is 15.1 Å². The van der Waals surface area contributed by atoms with Crippen molar-refractivity contribution in [3.63, 3.8) is 0 Å². The zero-order valence-electron chi connectivity index (χ0n) is 25.6. The average molecular weight is 641 g/mol. The molecule has 4 N–H and O–H groups in total. The molecular weight excluding hydrogens is 596 g/mol. The molecule has 0 unspecified atom stereocenters. The fraction of sp³-hybridized carbons (Fsp3) is 0.586. The number of nitrogens with one attached hydrogen (secondary N) is 4. The molecule has 4 atom stereocenters. The molecule has 0 aliphatic carbocycles. The first-order chi connectivity index (χ1) is 20.9. The van der Waals surface area contributed by atoms with Crippen LogP contribution in [0.25, 0.3) is 0 Å². The number of ether oxygens (including phenoxy) is 2. The van der Waals surface area contributed by atoms with Crippen molar-refractivity contribution in [2.75, 3.05) is 32.6 Å². The van der Waals surface area contributed by atoms with Crippen LogP contribution in [0.4, 0.5) is 4.79 Å². The normalized spacial score (nSPS) is 17.3. The quantitative estimate of drug-likeness (QED) is 0.109. The molecule has 0 radical (unpaired) electrons. The highest BCUT2D eigenvalue weighted by molar-refractivity contribution is 7.85. The average Bonchev–Trinajstić information content (AvgIpc) is 2.97. The van der Waals surface area contributed by atoms with Crippen LogP contribution in [0.5, 0.6) is 0 Å². The summed E-state index contributed by atoms with van der Waals surface area (Å²) in [5.74, 6) is -1.88. The number of alkyl carbamates (subject to hydrolysis) is 1. The maximum atomic E-state index is 13.5. The summed E-state index contributed by atoms with van der Waals surface area (Å²) < 4.78 is 38.2. The largest absolute Gasteiger partial charge is 0.463 e. The molecule has 0 aromatic heterocycles. The van der Waals surface area contributed by atoms with E-state index < -0.39 is 58.7 Å². The van der Waals surface area contributed by atoms with E-state index in [-0.39, 0.29) is 31.5 Å². The van der Waals surface area contributed by atoms with Crippen molar-refractivity contribution in [1.29, 1.82) is 0 Å². The maximum absolute atomic E-state index is 13.5. The number of benzene rings is 1. The Bertz CT molecular complexity index is 1200. The zero-order valence-corrected chi connectivity index (χ0v) is 26.4. The van der Waals surface area contributed by atoms with Crippen LogP contribution >= 0.6 is 0 Å². The van der Waals surface area contributed by atoms with Crippen molar-refractivity contribution in [3.05, 3.63) is 48.0 Å². The van der Waals surface area contributed by atoms with Crippen LogP contribution in [0.3, 0.4) is 0 Å². The van der Waals surface area contributed by atoms with E-state index in [9.17, 15) is 27.6 Å². The molecule has 2 rings (SSSR count). The monoisotopic (exact) mass is 640 g/mol. The van der Waals surface area contributed by atoms with Gasteiger partial charge >= 0.3 is 12.1 Å². The van der Waals surface area contributed by atoms with Crippen LogP contribution in [0.2, 0.25) is 0 Å². The van der Waals surface area contributed by atoms with Gasteiger partial charge in [0, 0.05) is 18.7 Å². The molecule has 1 aromatic rings. The van der Waals surface area contributed by atoms with E-state index in [4.69, 9.17) is 18.5 Å². The van der Waals surface area contributed by atoms with Gasteiger partial charge in [0.2, 0.25) is 11.8 Å². The minimum absolute atomic E-state index is 0.0353. The van der Waals surface area contributed by atoms with Crippen molar-refractivity contribution < 1.29 is 46.1 Å². The van der Waals surface area contributed by atoms with Crippen molar-refractivity contribution in [2.24, 2.45) is 11.8 Å². The molecule has 0 bridgehead atoms. The van der Waals surface area contributed by atoms with Gasteiger partial charge in [-0.3, -0.25) is 13.8 Å². The van der Waals surface area contributed by atoms with Crippen molar-refractivity contribution in [1.82, 2.24) is 21.4 Å². The van der Waals surface area contributed by atoms with E-state index in [1.165, 1.54) is 6.08 Å². The standard InChI is InChI=1S/C29H44N4O10S/c1-5-40-26(34)12-11-23(16-22-13-14-30-42-18-22)31-27(35)24(15-20(2)3)32-28(36)25(19-43-44(4,38)39)33-29(37)41-17-21-9-7-6-8-10-21/h6-12,20,22-25,30H,5,13-19H2,1-4H3,(H,31,35)(H,32,36)(H,33,37)/b12-11+/t22-,23+,24-,25-/m0/s1. The molecule has 14 nitrogen and oxygen atoms in total. The summed E-state index contributed by atoms with van der Waals surface area (Å²) in [5, 5.41) is 7.82. The Labute approximate surface area is 258 Å². The van der Waals surface area contributed by atoms with Crippen molar-refractivity contribution in [3.8, 4) is 0 Å². The molecule has 1 heterocycles. The molecule has 3 amide bonds. The Morgan fingerprint density at radius 3 is 2.36 bits per heavy atom. The van der Waals surface area contributed by atoms with Crippen LogP contribution < -0.4 is 21.4 Å². The topological polar surface area (TPSA) is 187 Å². The molecule has 15 heteroatoms. The Morgan fingerprint density at radius 2 is 1.75 bits per heavy atom.